The predicted molar refractivity (Wildman–Crippen MR) is 61.0 cm³/mol. The molecule has 0 aliphatic carbocycles. The second-order valence-electron chi connectivity index (χ2n) is 2.55. The molecule has 0 aromatic heterocycles. The van der Waals surface area contributed by atoms with Crippen LogP contribution in [0, 0.1) is 0 Å². The quantitative estimate of drug-likeness (QED) is 0.881. The molecule has 2 nitrogen and oxygen atoms in total. The van der Waals surface area contributed by atoms with Gasteiger partial charge in [-0.15, -0.1) is 12.4 Å². The summed E-state index contributed by atoms with van der Waals surface area (Å²) in [6.07, 6.45) is 0. The van der Waals surface area contributed by atoms with Crippen molar-refractivity contribution in [2.75, 3.05) is 6.67 Å². The standard InChI is InChI=1S/C8H8BrClFNO.ClH/c9-4-1-2-5(10)7(8(4)13)6(12)3-11;/h1-2,6,13H,3,12H2;1H/t6-;/m1./s1. The van der Waals surface area contributed by atoms with Crippen LogP contribution in [-0.2, 0) is 0 Å². The number of phenols is 1. The molecular formula is C8H9BrCl2FNO. The monoisotopic (exact) mass is 303 g/mol. The highest BCUT2D eigenvalue weighted by atomic mass is 79.9. The first-order valence-corrected chi connectivity index (χ1v) is 4.73. The maximum absolute atomic E-state index is 12.3. The average Bonchev–Trinajstić information content (AvgIpc) is 2.12. The van der Waals surface area contributed by atoms with Crippen LogP contribution in [0.3, 0.4) is 0 Å². The minimum Gasteiger partial charge on any atom is -0.506 e. The van der Waals surface area contributed by atoms with Crippen molar-refractivity contribution in [3.8, 4) is 5.75 Å². The van der Waals surface area contributed by atoms with Crippen LogP contribution in [0.4, 0.5) is 4.39 Å². The fourth-order valence-corrected chi connectivity index (χ4v) is 1.63. The third-order valence-electron chi connectivity index (χ3n) is 1.65. The van der Waals surface area contributed by atoms with Crippen LogP contribution in [-0.4, -0.2) is 11.8 Å². The molecule has 1 aromatic rings. The zero-order chi connectivity index (χ0) is 10.0. The van der Waals surface area contributed by atoms with Crippen LogP contribution in [0.2, 0.25) is 5.02 Å². The van der Waals surface area contributed by atoms with Gasteiger partial charge in [0, 0.05) is 10.6 Å². The van der Waals surface area contributed by atoms with Gasteiger partial charge in [0.2, 0.25) is 0 Å². The van der Waals surface area contributed by atoms with Gasteiger partial charge in [0.1, 0.15) is 12.4 Å². The number of alkyl halides is 1. The zero-order valence-corrected chi connectivity index (χ0v) is 10.2. The largest absolute Gasteiger partial charge is 0.506 e. The summed E-state index contributed by atoms with van der Waals surface area (Å²) in [5.74, 6) is -0.0994. The van der Waals surface area contributed by atoms with E-state index in [4.69, 9.17) is 17.3 Å². The van der Waals surface area contributed by atoms with E-state index in [2.05, 4.69) is 15.9 Å². The van der Waals surface area contributed by atoms with Crippen molar-refractivity contribution in [2.45, 2.75) is 6.04 Å². The molecule has 0 amide bonds. The first-order valence-electron chi connectivity index (χ1n) is 3.56. The van der Waals surface area contributed by atoms with E-state index < -0.39 is 12.7 Å². The molecule has 1 rings (SSSR count). The number of phenolic OH excluding ortho intramolecular Hbond substituents is 1. The Kier molecular flexibility index (Phi) is 5.74. The Labute approximate surface area is 101 Å². The molecule has 0 saturated carbocycles. The lowest BCUT2D eigenvalue weighted by molar-refractivity contribution is 0.413. The van der Waals surface area contributed by atoms with Gasteiger partial charge in [0.25, 0.3) is 0 Å². The molecule has 0 aliphatic heterocycles. The van der Waals surface area contributed by atoms with Gasteiger partial charge in [-0.25, -0.2) is 4.39 Å². The van der Waals surface area contributed by atoms with E-state index in [1.54, 1.807) is 12.1 Å². The molecule has 6 heteroatoms. The molecule has 0 unspecified atom stereocenters. The van der Waals surface area contributed by atoms with Crippen LogP contribution < -0.4 is 5.73 Å². The molecule has 1 atom stereocenters. The Balaban J connectivity index is 0.00000169. The number of nitrogens with two attached hydrogens (primary N) is 1. The van der Waals surface area contributed by atoms with E-state index >= 15 is 0 Å². The van der Waals surface area contributed by atoms with Gasteiger partial charge in [-0.2, -0.15) is 0 Å². The van der Waals surface area contributed by atoms with Gasteiger partial charge in [-0.1, -0.05) is 11.6 Å². The first kappa shape index (κ1) is 14.0. The second kappa shape index (κ2) is 5.75. The van der Waals surface area contributed by atoms with Crippen LogP contribution in [0.25, 0.3) is 0 Å². The van der Waals surface area contributed by atoms with Gasteiger partial charge >= 0.3 is 0 Å². The molecule has 0 spiro atoms. The normalized spacial score (nSPS) is 12.0. The lowest BCUT2D eigenvalue weighted by Gasteiger charge is -2.12. The highest BCUT2D eigenvalue weighted by molar-refractivity contribution is 9.10. The predicted octanol–water partition coefficient (Wildman–Crippen LogP) is 3.20. The maximum Gasteiger partial charge on any atom is 0.136 e. The molecule has 0 fully saturated rings. The molecule has 1 aromatic carbocycles. The minimum atomic E-state index is -0.884. The highest BCUT2D eigenvalue weighted by Crippen LogP contribution is 2.36. The fourth-order valence-electron chi connectivity index (χ4n) is 0.987. The summed E-state index contributed by atoms with van der Waals surface area (Å²) in [7, 11) is 0. The highest BCUT2D eigenvalue weighted by Gasteiger charge is 2.16. The molecule has 3 N–H and O–H groups in total. The molecule has 14 heavy (non-hydrogen) atoms. The molecular weight excluding hydrogens is 296 g/mol. The fraction of sp³-hybridized carbons (Fsp3) is 0.250. The Morgan fingerprint density at radius 1 is 1.57 bits per heavy atom. The number of hydrogen-bond acceptors (Lipinski definition) is 2. The molecule has 0 saturated heterocycles. The lowest BCUT2D eigenvalue weighted by atomic mass is 10.1. The Morgan fingerprint density at radius 3 is 2.64 bits per heavy atom. The Hall–Kier alpha value is -0.0300. The van der Waals surface area contributed by atoms with Crippen molar-refractivity contribution in [3.05, 3.63) is 27.2 Å². The van der Waals surface area contributed by atoms with Crippen LogP contribution in [0.1, 0.15) is 11.6 Å². The molecule has 0 radical (unpaired) electrons. The molecule has 0 heterocycles. The topological polar surface area (TPSA) is 46.2 Å². The van der Waals surface area contributed by atoms with Crippen molar-refractivity contribution < 1.29 is 9.50 Å². The van der Waals surface area contributed by atoms with Crippen LogP contribution in [0.5, 0.6) is 5.75 Å². The Bertz CT molecular complexity index is 324. The first-order chi connectivity index (χ1) is 6.07. The van der Waals surface area contributed by atoms with Gasteiger partial charge in [0.15, 0.2) is 0 Å². The van der Waals surface area contributed by atoms with E-state index in [-0.39, 0.29) is 28.7 Å². The lowest BCUT2D eigenvalue weighted by Crippen LogP contribution is -2.13. The van der Waals surface area contributed by atoms with Gasteiger partial charge < -0.3 is 10.8 Å². The second-order valence-corrected chi connectivity index (χ2v) is 3.81. The smallest absolute Gasteiger partial charge is 0.136 e. The Morgan fingerprint density at radius 2 is 2.14 bits per heavy atom. The third kappa shape index (κ3) is 2.73. The average molecular weight is 305 g/mol. The number of halogens is 4. The molecule has 0 aliphatic rings. The van der Waals surface area contributed by atoms with Crippen LogP contribution in [0.15, 0.2) is 16.6 Å². The number of hydrogen-bond donors (Lipinski definition) is 2. The number of aromatic hydroxyl groups is 1. The van der Waals surface area contributed by atoms with E-state index in [0.717, 1.165) is 0 Å². The SMILES string of the molecule is Cl.N[C@H](CF)c1c(Cl)ccc(Br)c1O. The van der Waals surface area contributed by atoms with Crippen molar-refractivity contribution in [1.29, 1.82) is 0 Å². The van der Waals surface area contributed by atoms with E-state index in [1.807, 2.05) is 0 Å². The number of benzene rings is 1. The van der Waals surface area contributed by atoms with E-state index in [9.17, 15) is 9.50 Å². The van der Waals surface area contributed by atoms with Gasteiger partial charge in [-0.05, 0) is 28.1 Å². The van der Waals surface area contributed by atoms with Crippen molar-refractivity contribution in [2.24, 2.45) is 5.73 Å². The minimum absolute atomic E-state index is 0. The van der Waals surface area contributed by atoms with Crippen molar-refractivity contribution >= 4 is 39.9 Å². The zero-order valence-electron chi connectivity index (χ0n) is 7.01. The summed E-state index contributed by atoms with van der Waals surface area (Å²) >= 11 is 8.84. The number of rotatable bonds is 2. The summed E-state index contributed by atoms with van der Waals surface area (Å²) in [5, 5.41) is 9.77. The summed E-state index contributed by atoms with van der Waals surface area (Å²) in [6.45, 7) is -0.760. The summed E-state index contributed by atoms with van der Waals surface area (Å²) in [5.41, 5.74) is 5.66. The van der Waals surface area contributed by atoms with Crippen molar-refractivity contribution in [1.82, 2.24) is 0 Å². The molecule has 80 valence electrons. The maximum atomic E-state index is 12.3. The van der Waals surface area contributed by atoms with E-state index in [0.29, 0.717) is 4.47 Å². The third-order valence-corrected chi connectivity index (χ3v) is 2.62. The van der Waals surface area contributed by atoms with Gasteiger partial charge in [0.05, 0.1) is 10.5 Å². The van der Waals surface area contributed by atoms with E-state index in [1.165, 1.54) is 0 Å². The molecule has 0 bridgehead atoms. The summed E-state index contributed by atoms with van der Waals surface area (Å²) < 4.78 is 12.7. The summed E-state index contributed by atoms with van der Waals surface area (Å²) in [6, 6.07) is 2.24. The summed E-state index contributed by atoms with van der Waals surface area (Å²) in [4.78, 5) is 0. The van der Waals surface area contributed by atoms with Crippen molar-refractivity contribution in [3.63, 3.8) is 0 Å². The van der Waals surface area contributed by atoms with Gasteiger partial charge in [-0.3, -0.25) is 0 Å². The van der Waals surface area contributed by atoms with Crippen LogP contribution >= 0.6 is 39.9 Å².